The Bertz CT molecular complexity index is 668. The molecule has 1 aliphatic carbocycles. The van der Waals surface area contributed by atoms with E-state index in [0.717, 1.165) is 23.4 Å². The minimum absolute atomic E-state index is 0.0186. The maximum absolute atomic E-state index is 12.2. The highest BCUT2D eigenvalue weighted by Gasteiger charge is 2.44. The second-order valence-electron chi connectivity index (χ2n) is 5.00. The molecule has 0 radical (unpaired) electrons. The Labute approximate surface area is 136 Å². The van der Waals surface area contributed by atoms with Crippen LogP contribution >= 0.6 is 34.5 Å². The average Bonchev–Trinajstić information content (AvgIpc) is 3.12. The van der Waals surface area contributed by atoms with Crippen molar-refractivity contribution >= 4 is 45.6 Å². The van der Waals surface area contributed by atoms with Gasteiger partial charge in [0.15, 0.2) is 0 Å². The molecular weight excluding hydrogens is 329 g/mol. The summed E-state index contributed by atoms with van der Waals surface area (Å²) in [6, 6.07) is 5.43. The molecule has 1 amide bonds. The third-order valence-electron chi connectivity index (χ3n) is 3.44. The Morgan fingerprint density at radius 3 is 2.67 bits per heavy atom. The standard InChI is InChI=1S/C14H13Cl2N3OS/c1-2-12-18-19-14(21-12)17-13(20)11-6-10(11)7-3-8(15)5-9(16)4-7/h3-5,10-11H,2,6H2,1H3,(H,17,19,20)/t10-,11-/m0/s1. The Hall–Kier alpha value is -1.17. The normalized spacial score (nSPS) is 20.3. The van der Waals surface area contributed by atoms with Gasteiger partial charge in [0.1, 0.15) is 5.01 Å². The Morgan fingerprint density at radius 2 is 2.05 bits per heavy atom. The summed E-state index contributed by atoms with van der Waals surface area (Å²) in [4.78, 5) is 12.2. The van der Waals surface area contributed by atoms with Crippen molar-refractivity contribution in [1.29, 1.82) is 0 Å². The second kappa shape index (κ2) is 5.91. The van der Waals surface area contributed by atoms with Crippen molar-refractivity contribution in [3.63, 3.8) is 0 Å². The van der Waals surface area contributed by atoms with E-state index in [-0.39, 0.29) is 17.7 Å². The van der Waals surface area contributed by atoms with E-state index in [4.69, 9.17) is 23.2 Å². The summed E-state index contributed by atoms with van der Waals surface area (Å²) in [5.74, 6) is 0.114. The molecule has 2 atom stereocenters. The number of nitrogens with zero attached hydrogens (tertiary/aromatic N) is 2. The summed E-state index contributed by atoms with van der Waals surface area (Å²) in [5.41, 5.74) is 1.01. The van der Waals surface area contributed by atoms with Crippen LogP contribution in [0.5, 0.6) is 0 Å². The van der Waals surface area contributed by atoms with E-state index in [0.29, 0.717) is 15.2 Å². The number of halogens is 2. The number of rotatable bonds is 4. The largest absolute Gasteiger partial charge is 0.300 e. The number of hydrogen-bond donors (Lipinski definition) is 1. The third-order valence-corrected chi connectivity index (χ3v) is 4.86. The highest BCUT2D eigenvalue weighted by atomic mass is 35.5. The molecule has 1 heterocycles. The lowest BCUT2D eigenvalue weighted by Gasteiger charge is -2.03. The first-order chi connectivity index (χ1) is 10.1. The lowest BCUT2D eigenvalue weighted by atomic mass is 10.1. The number of hydrogen-bond acceptors (Lipinski definition) is 4. The summed E-state index contributed by atoms with van der Waals surface area (Å²) < 4.78 is 0. The maximum atomic E-state index is 12.2. The van der Waals surface area contributed by atoms with Gasteiger partial charge >= 0.3 is 0 Å². The zero-order valence-corrected chi connectivity index (χ0v) is 13.6. The highest BCUT2D eigenvalue weighted by Crippen LogP contribution is 2.49. The fourth-order valence-electron chi connectivity index (χ4n) is 2.29. The van der Waals surface area contributed by atoms with Gasteiger partial charge in [0.05, 0.1) is 0 Å². The molecule has 1 aliphatic rings. The molecule has 0 spiro atoms. The smallest absolute Gasteiger partial charge is 0.229 e. The second-order valence-corrected chi connectivity index (χ2v) is 6.93. The Morgan fingerprint density at radius 1 is 1.33 bits per heavy atom. The summed E-state index contributed by atoms with van der Waals surface area (Å²) in [5, 5.41) is 13.4. The van der Waals surface area contributed by atoms with E-state index in [1.807, 2.05) is 19.1 Å². The van der Waals surface area contributed by atoms with Crippen LogP contribution in [0.4, 0.5) is 5.13 Å². The van der Waals surface area contributed by atoms with Gasteiger partial charge in [0, 0.05) is 16.0 Å². The van der Waals surface area contributed by atoms with Crippen LogP contribution in [0.2, 0.25) is 10.0 Å². The Balaban J connectivity index is 1.65. The number of benzene rings is 1. The third kappa shape index (κ3) is 3.36. The van der Waals surface area contributed by atoms with Crippen molar-refractivity contribution in [3.8, 4) is 0 Å². The molecular formula is C14H13Cl2N3OS. The molecule has 3 rings (SSSR count). The number of carbonyl (C=O) groups excluding carboxylic acids is 1. The van der Waals surface area contributed by atoms with E-state index in [1.54, 1.807) is 6.07 Å². The molecule has 0 aliphatic heterocycles. The molecule has 0 bridgehead atoms. The van der Waals surface area contributed by atoms with Gasteiger partial charge in [-0.25, -0.2) is 0 Å². The quantitative estimate of drug-likeness (QED) is 0.908. The maximum Gasteiger partial charge on any atom is 0.229 e. The molecule has 2 aromatic rings. The number of aromatic nitrogens is 2. The summed E-state index contributed by atoms with van der Waals surface area (Å²) in [6.45, 7) is 2.01. The van der Waals surface area contributed by atoms with Crippen LogP contribution in [0.3, 0.4) is 0 Å². The predicted molar refractivity (Wildman–Crippen MR) is 85.2 cm³/mol. The molecule has 1 N–H and O–H groups in total. The van der Waals surface area contributed by atoms with Gasteiger partial charge in [-0.2, -0.15) is 0 Å². The first-order valence-corrected chi connectivity index (χ1v) is 8.23. The zero-order valence-electron chi connectivity index (χ0n) is 11.3. The number of carbonyl (C=O) groups is 1. The van der Waals surface area contributed by atoms with E-state index in [2.05, 4.69) is 15.5 Å². The first kappa shape index (κ1) is 14.8. The summed E-state index contributed by atoms with van der Waals surface area (Å²) >= 11 is 13.4. The summed E-state index contributed by atoms with van der Waals surface area (Å²) in [7, 11) is 0. The number of anilines is 1. The van der Waals surface area contributed by atoms with Gasteiger partial charge in [0.25, 0.3) is 0 Å². The van der Waals surface area contributed by atoms with Crippen LogP contribution in [0.1, 0.15) is 29.8 Å². The SMILES string of the molecule is CCc1nnc(NC(=O)[C@H]2C[C@H]2c2cc(Cl)cc(Cl)c2)s1. The monoisotopic (exact) mass is 341 g/mol. The first-order valence-electron chi connectivity index (χ1n) is 6.66. The van der Waals surface area contributed by atoms with Gasteiger partial charge < -0.3 is 5.32 Å². The molecule has 21 heavy (non-hydrogen) atoms. The lowest BCUT2D eigenvalue weighted by Crippen LogP contribution is -2.14. The topological polar surface area (TPSA) is 54.9 Å². The number of aryl methyl sites for hydroxylation is 1. The molecule has 0 saturated heterocycles. The van der Waals surface area contributed by atoms with Crippen molar-refractivity contribution < 1.29 is 4.79 Å². The molecule has 4 nitrogen and oxygen atoms in total. The van der Waals surface area contributed by atoms with Crippen LogP contribution in [0.25, 0.3) is 0 Å². The van der Waals surface area contributed by atoms with Gasteiger partial charge in [-0.3, -0.25) is 4.79 Å². The van der Waals surface area contributed by atoms with E-state index in [1.165, 1.54) is 11.3 Å². The van der Waals surface area contributed by atoms with Crippen LogP contribution in [0, 0.1) is 5.92 Å². The van der Waals surface area contributed by atoms with Crippen LogP contribution in [-0.4, -0.2) is 16.1 Å². The van der Waals surface area contributed by atoms with E-state index in [9.17, 15) is 4.79 Å². The van der Waals surface area contributed by atoms with Gasteiger partial charge in [-0.05, 0) is 42.5 Å². The number of amides is 1. The zero-order chi connectivity index (χ0) is 15.0. The van der Waals surface area contributed by atoms with Gasteiger partial charge in [-0.1, -0.05) is 41.5 Å². The lowest BCUT2D eigenvalue weighted by molar-refractivity contribution is -0.117. The minimum atomic E-state index is -0.0477. The van der Waals surface area contributed by atoms with Gasteiger partial charge in [0.2, 0.25) is 11.0 Å². The van der Waals surface area contributed by atoms with Crippen molar-refractivity contribution in [2.24, 2.45) is 5.92 Å². The molecule has 7 heteroatoms. The van der Waals surface area contributed by atoms with Crippen molar-refractivity contribution in [1.82, 2.24) is 10.2 Å². The summed E-state index contributed by atoms with van der Waals surface area (Å²) in [6.07, 6.45) is 1.63. The average molecular weight is 342 g/mol. The predicted octanol–water partition coefficient (Wildman–Crippen LogP) is 4.15. The van der Waals surface area contributed by atoms with Crippen molar-refractivity contribution in [2.45, 2.75) is 25.7 Å². The van der Waals surface area contributed by atoms with Crippen molar-refractivity contribution in [3.05, 3.63) is 38.8 Å². The molecule has 1 fully saturated rings. The van der Waals surface area contributed by atoms with E-state index < -0.39 is 0 Å². The van der Waals surface area contributed by atoms with E-state index >= 15 is 0 Å². The van der Waals surface area contributed by atoms with Crippen LogP contribution in [0.15, 0.2) is 18.2 Å². The minimum Gasteiger partial charge on any atom is -0.300 e. The fourth-order valence-corrected chi connectivity index (χ4v) is 3.51. The Kier molecular flexibility index (Phi) is 4.15. The molecule has 1 aromatic heterocycles. The molecule has 1 aromatic carbocycles. The fraction of sp³-hybridized carbons (Fsp3) is 0.357. The van der Waals surface area contributed by atoms with Crippen molar-refractivity contribution in [2.75, 3.05) is 5.32 Å². The highest BCUT2D eigenvalue weighted by molar-refractivity contribution is 7.15. The number of nitrogens with one attached hydrogen (secondary N) is 1. The van der Waals surface area contributed by atoms with Crippen LogP contribution < -0.4 is 5.32 Å². The van der Waals surface area contributed by atoms with Crippen LogP contribution in [-0.2, 0) is 11.2 Å². The van der Waals surface area contributed by atoms with Gasteiger partial charge in [-0.15, -0.1) is 10.2 Å². The molecule has 110 valence electrons. The molecule has 0 unspecified atom stereocenters. The molecule has 1 saturated carbocycles.